The van der Waals surface area contributed by atoms with Gasteiger partial charge in [0.05, 0.1) is 18.5 Å². The Hall–Kier alpha value is -1.49. The van der Waals surface area contributed by atoms with E-state index < -0.39 is 51.9 Å². The zero-order valence-corrected chi connectivity index (χ0v) is 12.0. The summed E-state index contributed by atoms with van der Waals surface area (Å²) >= 11 is 0. The summed E-state index contributed by atoms with van der Waals surface area (Å²) in [4.78, 5) is 25.4. The molecule has 9 nitrogen and oxygen atoms in total. The number of hydrogen-bond donors (Lipinski definition) is 3. The molecule has 0 saturated carbocycles. The number of hydrogen-bond acceptors (Lipinski definition) is 7. The van der Waals surface area contributed by atoms with E-state index in [4.69, 9.17) is 9.84 Å². The minimum absolute atomic E-state index is 0.0511. The highest BCUT2D eigenvalue weighted by molar-refractivity contribution is 7.89. The van der Waals surface area contributed by atoms with Gasteiger partial charge in [0, 0.05) is 24.4 Å². The largest absolute Gasteiger partial charge is 0.394 e. The molecule has 10 heteroatoms. The van der Waals surface area contributed by atoms with Crippen LogP contribution in [0.3, 0.4) is 0 Å². The average Bonchev–Trinajstić information content (AvgIpc) is 2.72. The van der Waals surface area contributed by atoms with E-state index in [2.05, 4.69) is 0 Å². The monoisotopic (exact) mass is 320 g/mol. The molecule has 21 heavy (non-hydrogen) atoms. The molecule has 0 unspecified atom stereocenters. The van der Waals surface area contributed by atoms with Crippen LogP contribution in [-0.2, 0) is 20.3 Å². The third-order valence-electron chi connectivity index (χ3n) is 3.15. The Morgan fingerprint density at radius 3 is 2.67 bits per heavy atom. The molecule has 1 aliphatic rings. The van der Waals surface area contributed by atoms with Gasteiger partial charge >= 0.3 is 5.69 Å². The van der Waals surface area contributed by atoms with Crippen molar-refractivity contribution in [3.05, 3.63) is 32.6 Å². The summed E-state index contributed by atoms with van der Waals surface area (Å²) in [5.74, 6) is -0.513. The molecule has 0 bridgehead atoms. The summed E-state index contributed by atoms with van der Waals surface area (Å²) in [6, 6.07) is 0. The maximum atomic E-state index is 11.8. The van der Waals surface area contributed by atoms with Gasteiger partial charge in [0.1, 0.15) is 12.3 Å². The van der Waals surface area contributed by atoms with E-state index in [1.807, 2.05) is 4.98 Å². The van der Waals surface area contributed by atoms with E-state index in [0.717, 1.165) is 17.0 Å². The van der Waals surface area contributed by atoms with Gasteiger partial charge in [-0.2, -0.15) is 0 Å². The quantitative estimate of drug-likeness (QED) is 0.568. The van der Waals surface area contributed by atoms with Gasteiger partial charge in [-0.1, -0.05) is 0 Å². The first-order chi connectivity index (χ1) is 9.71. The molecule has 0 spiro atoms. The Kier molecular flexibility index (Phi) is 4.33. The average molecular weight is 320 g/mol. The molecule has 3 atom stereocenters. The van der Waals surface area contributed by atoms with Gasteiger partial charge < -0.3 is 14.9 Å². The third-order valence-corrected chi connectivity index (χ3v) is 3.99. The van der Waals surface area contributed by atoms with Crippen molar-refractivity contribution < 1.29 is 23.4 Å². The normalized spacial score (nSPS) is 26.1. The number of aromatic amines is 1. The second-order valence-electron chi connectivity index (χ2n) is 5.01. The number of rotatable bonds is 4. The van der Waals surface area contributed by atoms with E-state index in [1.165, 1.54) is 0 Å². The van der Waals surface area contributed by atoms with E-state index >= 15 is 0 Å². The van der Waals surface area contributed by atoms with Gasteiger partial charge in [-0.15, -0.1) is 0 Å². The summed E-state index contributed by atoms with van der Waals surface area (Å²) < 4.78 is 28.9. The molecule has 1 fully saturated rings. The first-order valence-corrected chi connectivity index (χ1v) is 8.24. The fourth-order valence-corrected chi connectivity index (χ4v) is 2.95. The Bertz CT molecular complexity index is 736. The summed E-state index contributed by atoms with van der Waals surface area (Å²) in [5.41, 5.74) is -1.64. The summed E-state index contributed by atoms with van der Waals surface area (Å²) in [5, 5.41) is 18.7. The summed E-state index contributed by atoms with van der Waals surface area (Å²) in [6.07, 6.45) is -0.516. The molecule has 2 heterocycles. The van der Waals surface area contributed by atoms with Crippen LogP contribution in [0.25, 0.3) is 0 Å². The number of H-pyrrole nitrogens is 1. The smallest absolute Gasteiger partial charge is 0.330 e. The first-order valence-electron chi connectivity index (χ1n) is 6.17. The van der Waals surface area contributed by atoms with E-state index in [1.54, 1.807) is 0 Å². The molecule has 0 radical (unpaired) electrons. The van der Waals surface area contributed by atoms with Crippen LogP contribution >= 0.6 is 0 Å². The number of aliphatic hydroxyl groups is 2. The SMILES string of the molecule is CS(=O)(=O)Cc1cn([C@H]2C[C@H](O)[C@@H](CO)O2)c(=O)[nH]c1=O. The van der Waals surface area contributed by atoms with Crippen molar-refractivity contribution >= 4 is 9.84 Å². The lowest BCUT2D eigenvalue weighted by Gasteiger charge is -2.15. The Morgan fingerprint density at radius 2 is 2.14 bits per heavy atom. The number of ether oxygens (including phenoxy) is 1. The van der Waals surface area contributed by atoms with Gasteiger partial charge in [-0.05, 0) is 0 Å². The van der Waals surface area contributed by atoms with Crippen LogP contribution in [0, 0.1) is 0 Å². The van der Waals surface area contributed by atoms with Gasteiger partial charge in [-0.3, -0.25) is 14.3 Å². The molecular formula is C11H16N2O7S. The lowest BCUT2D eigenvalue weighted by molar-refractivity contribution is -0.0459. The van der Waals surface area contributed by atoms with Crippen LogP contribution in [0.15, 0.2) is 15.8 Å². The van der Waals surface area contributed by atoms with E-state index in [-0.39, 0.29) is 12.0 Å². The van der Waals surface area contributed by atoms with Crippen molar-refractivity contribution in [3.63, 3.8) is 0 Å². The van der Waals surface area contributed by atoms with Gasteiger partial charge in [-0.25, -0.2) is 13.2 Å². The zero-order chi connectivity index (χ0) is 15.8. The van der Waals surface area contributed by atoms with Crippen LogP contribution in [0.5, 0.6) is 0 Å². The van der Waals surface area contributed by atoms with Crippen molar-refractivity contribution in [2.24, 2.45) is 0 Å². The Labute approximate surface area is 119 Å². The number of aliphatic hydroxyl groups excluding tert-OH is 2. The van der Waals surface area contributed by atoms with E-state index in [0.29, 0.717) is 0 Å². The number of aromatic nitrogens is 2. The van der Waals surface area contributed by atoms with Gasteiger partial charge in [0.25, 0.3) is 5.56 Å². The van der Waals surface area contributed by atoms with Gasteiger partial charge in [0.2, 0.25) is 0 Å². The lowest BCUT2D eigenvalue weighted by Crippen LogP contribution is -2.34. The molecule has 1 aromatic rings. The molecule has 0 aromatic carbocycles. The van der Waals surface area contributed by atoms with Crippen molar-refractivity contribution in [1.82, 2.24) is 9.55 Å². The standard InChI is InChI=1S/C11H16N2O7S/c1-21(18,19)5-6-3-13(11(17)12-10(6)16)9-2-7(15)8(4-14)20-9/h3,7-9,14-15H,2,4-5H2,1H3,(H,12,16,17)/t7-,8+,9+/m0/s1. The molecule has 1 aromatic heterocycles. The highest BCUT2D eigenvalue weighted by Gasteiger charge is 2.35. The Balaban J connectivity index is 2.39. The molecule has 0 aliphatic carbocycles. The van der Waals surface area contributed by atoms with Crippen LogP contribution in [0.2, 0.25) is 0 Å². The maximum Gasteiger partial charge on any atom is 0.330 e. The second-order valence-corrected chi connectivity index (χ2v) is 7.15. The summed E-state index contributed by atoms with van der Waals surface area (Å²) in [6.45, 7) is -0.411. The summed E-state index contributed by atoms with van der Waals surface area (Å²) in [7, 11) is -3.44. The van der Waals surface area contributed by atoms with Crippen molar-refractivity contribution in [2.45, 2.75) is 30.6 Å². The van der Waals surface area contributed by atoms with E-state index in [9.17, 15) is 23.1 Å². The predicted octanol–water partition coefficient (Wildman–Crippen LogP) is -2.28. The Morgan fingerprint density at radius 1 is 1.48 bits per heavy atom. The van der Waals surface area contributed by atoms with Crippen LogP contribution in [-0.4, -0.2) is 53.3 Å². The molecule has 1 aliphatic heterocycles. The molecule has 3 N–H and O–H groups in total. The number of nitrogens with zero attached hydrogens (tertiary/aromatic N) is 1. The molecule has 2 rings (SSSR count). The molecular weight excluding hydrogens is 304 g/mol. The zero-order valence-electron chi connectivity index (χ0n) is 11.2. The minimum atomic E-state index is -3.44. The van der Waals surface area contributed by atoms with Crippen molar-refractivity contribution in [3.8, 4) is 0 Å². The van der Waals surface area contributed by atoms with Crippen LogP contribution in [0.4, 0.5) is 0 Å². The third kappa shape index (κ3) is 3.59. The molecule has 118 valence electrons. The second kappa shape index (κ2) is 5.72. The highest BCUT2D eigenvalue weighted by Crippen LogP contribution is 2.27. The van der Waals surface area contributed by atoms with Crippen molar-refractivity contribution in [1.29, 1.82) is 0 Å². The molecule has 0 amide bonds. The molecule has 1 saturated heterocycles. The fraction of sp³-hybridized carbons (Fsp3) is 0.636. The maximum absolute atomic E-state index is 11.8. The van der Waals surface area contributed by atoms with Gasteiger partial charge in [0.15, 0.2) is 9.84 Å². The number of sulfone groups is 1. The predicted molar refractivity (Wildman–Crippen MR) is 71.5 cm³/mol. The highest BCUT2D eigenvalue weighted by atomic mass is 32.2. The van der Waals surface area contributed by atoms with Crippen LogP contribution < -0.4 is 11.2 Å². The first kappa shape index (κ1) is 15.9. The van der Waals surface area contributed by atoms with Crippen LogP contribution in [0.1, 0.15) is 18.2 Å². The minimum Gasteiger partial charge on any atom is -0.394 e. The fourth-order valence-electron chi connectivity index (χ4n) is 2.18. The topological polar surface area (TPSA) is 139 Å². The number of nitrogens with one attached hydrogen (secondary N) is 1. The van der Waals surface area contributed by atoms with Crippen molar-refractivity contribution in [2.75, 3.05) is 12.9 Å². The lowest BCUT2D eigenvalue weighted by atomic mass is 10.2.